The molecule has 10 nitrogen and oxygen atoms in total. The van der Waals surface area contributed by atoms with E-state index in [1.165, 1.54) is 11.0 Å². The molecule has 0 radical (unpaired) electrons. The molecule has 4 rings (SSSR count). The molecule has 1 fully saturated rings. The molecule has 172 valence electrons. The van der Waals surface area contributed by atoms with Gasteiger partial charge in [0.25, 0.3) is 5.82 Å². The molecular formula is C22H23N4O6P. The molecule has 0 saturated carbocycles. The largest absolute Gasteiger partial charge is 0.497 e. The van der Waals surface area contributed by atoms with Crippen LogP contribution in [0.3, 0.4) is 0 Å². The van der Waals surface area contributed by atoms with E-state index in [4.69, 9.17) is 14.6 Å². The van der Waals surface area contributed by atoms with Crippen molar-refractivity contribution in [3.05, 3.63) is 71.8 Å². The van der Waals surface area contributed by atoms with E-state index in [1.54, 1.807) is 31.4 Å². The Hall–Kier alpha value is -3.17. The van der Waals surface area contributed by atoms with Crippen LogP contribution >= 0.6 is 8.46 Å². The van der Waals surface area contributed by atoms with Crippen LogP contribution in [-0.4, -0.2) is 62.7 Å². The van der Waals surface area contributed by atoms with Gasteiger partial charge in [0.1, 0.15) is 18.2 Å². The van der Waals surface area contributed by atoms with Gasteiger partial charge in [-0.05, 0) is 35.4 Å². The Morgan fingerprint density at radius 1 is 1.27 bits per heavy atom. The van der Waals surface area contributed by atoms with Crippen molar-refractivity contribution in [1.29, 1.82) is 0 Å². The molecule has 0 spiro atoms. The summed E-state index contributed by atoms with van der Waals surface area (Å²) in [6.07, 6.45) is 0.861. The molecule has 1 aromatic heterocycles. The number of nitrogens with one attached hydrogen (secondary N) is 1. The van der Waals surface area contributed by atoms with Crippen molar-refractivity contribution in [2.24, 2.45) is 0 Å². The van der Waals surface area contributed by atoms with Crippen LogP contribution in [0.25, 0.3) is 5.69 Å². The predicted molar refractivity (Wildman–Crippen MR) is 118 cm³/mol. The van der Waals surface area contributed by atoms with Gasteiger partial charge in [-0.3, -0.25) is 4.57 Å². The van der Waals surface area contributed by atoms with Crippen molar-refractivity contribution in [2.75, 3.05) is 20.3 Å². The van der Waals surface area contributed by atoms with E-state index in [9.17, 15) is 14.5 Å². The fraction of sp³-hybridized carbons (Fsp3) is 0.318. The first-order valence-corrected chi connectivity index (χ1v) is 11.0. The molecule has 3 atom stereocenters. The maximum atomic E-state index is 11.9. The first kappa shape index (κ1) is 23.0. The first-order chi connectivity index (χ1) is 15.9. The summed E-state index contributed by atoms with van der Waals surface area (Å²) in [6.45, 7) is 0.607. The molecule has 1 aliphatic rings. The Balaban J connectivity index is 1.38. The molecule has 1 aliphatic heterocycles. The van der Waals surface area contributed by atoms with E-state index in [1.807, 2.05) is 24.3 Å². The monoisotopic (exact) mass is 470 g/mol. The SMILES string of the molecule is COc1ccc(CC(O)(P=O)[C@@H]2CN[C@H](c3ccc(-n4cnc(C(=O)O)n4)cc3)CO2)cc1. The number of ether oxygens (including phenoxy) is 2. The lowest BCUT2D eigenvalue weighted by Crippen LogP contribution is -2.52. The summed E-state index contributed by atoms with van der Waals surface area (Å²) < 4.78 is 24.3. The third kappa shape index (κ3) is 5.09. The zero-order chi connectivity index (χ0) is 23.4. The van der Waals surface area contributed by atoms with Gasteiger partial charge in [0.15, 0.2) is 13.8 Å². The average Bonchev–Trinajstić information content (AvgIpc) is 3.35. The zero-order valence-electron chi connectivity index (χ0n) is 17.8. The molecule has 2 aromatic carbocycles. The molecule has 0 amide bonds. The summed E-state index contributed by atoms with van der Waals surface area (Å²) >= 11 is 0. The van der Waals surface area contributed by atoms with Crippen LogP contribution in [0.4, 0.5) is 0 Å². The summed E-state index contributed by atoms with van der Waals surface area (Å²) in [6, 6.07) is 14.5. The third-order valence-electron chi connectivity index (χ3n) is 5.55. The van der Waals surface area contributed by atoms with Crippen LogP contribution in [0.2, 0.25) is 0 Å². The Bertz CT molecular complexity index is 1110. The summed E-state index contributed by atoms with van der Waals surface area (Å²) in [7, 11) is 1.17. The second-order valence-corrected chi connectivity index (χ2v) is 8.64. The van der Waals surface area contributed by atoms with E-state index in [2.05, 4.69) is 15.4 Å². The van der Waals surface area contributed by atoms with Gasteiger partial charge in [0.2, 0.25) is 0 Å². The lowest BCUT2D eigenvalue weighted by atomic mass is 10.00. The van der Waals surface area contributed by atoms with Gasteiger partial charge in [0, 0.05) is 13.0 Å². The molecule has 11 heteroatoms. The first-order valence-electron chi connectivity index (χ1n) is 10.2. The van der Waals surface area contributed by atoms with Crippen LogP contribution < -0.4 is 10.1 Å². The molecule has 1 saturated heterocycles. The summed E-state index contributed by atoms with van der Waals surface area (Å²) in [5.74, 6) is -0.752. The molecule has 0 bridgehead atoms. The molecular weight excluding hydrogens is 447 g/mol. The highest BCUT2D eigenvalue weighted by Gasteiger charge is 2.41. The normalized spacial score (nSPS) is 20.3. The van der Waals surface area contributed by atoms with Crippen molar-refractivity contribution in [1.82, 2.24) is 20.1 Å². The number of hydrogen-bond donors (Lipinski definition) is 3. The van der Waals surface area contributed by atoms with E-state index >= 15 is 0 Å². The number of carbonyl (C=O) groups is 1. The van der Waals surface area contributed by atoms with Crippen molar-refractivity contribution >= 4 is 14.4 Å². The number of benzene rings is 2. The maximum Gasteiger partial charge on any atom is 0.375 e. The minimum atomic E-state index is -1.56. The predicted octanol–water partition coefficient (Wildman–Crippen LogP) is 2.23. The number of rotatable bonds is 8. The average molecular weight is 470 g/mol. The number of nitrogens with zero attached hydrogens (tertiary/aromatic N) is 3. The van der Waals surface area contributed by atoms with Crippen LogP contribution in [0, 0.1) is 0 Å². The van der Waals surface area contributed by atoms with Gasteiger partial charge in [-0.1, -0.05) is 24.3 Å². The smallest absolute Gasteiger partial charge is 0.375 e. The summed E-state index contributed by atoms with van der Waals surface area (Å²) in [5, 5.41) is 25.7. The fourth-order valence-corrected chi connectivity index (χ4v) is 4.21. The van der Waals surface area contributed by atoms with Gasteiger partial charge in [-0.2, -0.15) is 0 Å². The molecule has 2 heterocycles. The number of carboxylic acid groups (broad SMARTS) is 1. The quantitative estimate of drug-likeness (QED) is 0.424. The molecule has 1 unspecified atom stereocenters. The number of aliphatic hydroxyl groups is 1. The third-order valence-corrected chi connectivity index (χ3v) is 6.32. The lowest BCUT2D eigenvalue weighted by Gasteiger charge is -2.37. The van der Waals surface area contributed by atoms with Crippen LogP contribution in [-0.2, 0) is 15.7 Å². The van der Waals surface area contributed by atoms with Crippen molar-refractivity contribution in [3.8, 4) is 11.4 Å². The topological polar surface area (TPSA) is 136 Å². The number of carboxylic acids is 1. The van der Waals surface area contributed by atoms with Gasteiger partial charge < -0.3 is 25.0 Å². The van der Waals surface area contributed by atoms with E-state index < -0.39 is 25.9 Å². The fourth-order valence-electron chi connectivity index (χ4n) is 3.68. The second-order valence-electron chi connectivity index (χ2n) is 7.69. The van der Waals surface area contributed by atoms with Crippen LogP contribution in [0.15, 0.2) is 54.9 Å². The van der Waals surface area contributed by atoms with Gasteiger partial charge in [-0.25, -0.2) is 14.5 Å². The van der Waals surface area contributed by atoms with Gasteiger partial charge in [0.05, 0.1) is 25.4 Å². The highest BCUT2D eigenvalue weighted by Crippen LogP contribution is 2.33. The lowest BCUT2D eigenvalue weighted by molar-refractivity contribution is -0.0853. The van der Waals surface area contributed by atoms with Crippen molar-refractivity contribution < 1.29 is 29.0 Å². The summed E-state index contributed by atoms with van der Waals surface area (Å²) in [4.78, 5) is 14.7. The number of aromatic carboxylic acids is 1. The standard InChI is InChI=1S/C22H23N4O6P/c1-31-17-8-2-14(3-9-17)10-22(29,33-30)19-11-23-18(12-32-19)15-4-6-16(7-5-15)26-13-24-20(25-26)21(27)28/h2-9,13,18-19,23,29H,10-12H2,1H3,(H,27,28)/t18-,19-,22?/m0/s1. The Morgan fingerprint density at radius 3 is 2.55 bits per heavy atom. The number of hydrogen-bond acceptors (Lipinski definition) is 8. The van der Waals surface area contributed by atoms with Crippen LogP contribution in [0.5, 0.6) is 5.75 Å². The highest BCUT2D eigenvalue weighted by molar-refractivity contribution is 7.25. The number of methoxy groups -OCH3 is 1. The van der Waals surface area contributed by atoms with Crippen LogP contribution in [0.1, 0.15) is 27.8 Å². The Morgan fingerprint density at radius 2 is 2.00 bits per heavy atom. The Labute approximate surface area is 191 Å². The van der Waals surface area contributed by atoms with E-state index in [-0.39, 0.29) is 24.9 Å². The summed E-state index contributed by atoms with van der Waals surface area (Å²) in [5.41, 5.74) is 2.45. The number of aromatic nitrogens is 3. The minimum absolute atomic E-state index is 0.116. The van der Waals surface area contributed by atoms with Crippen molar-refractivity contribution in [3.63, 3.8) is 0 Å². The molecule has 0 aliphatic carbocycles. The van der Waals surface area contributed by atoms with Gasteiger partial charge >= 0.3 is 5.97 Å². The highest BCUT2D eigenvalue weighted by atomic mass is 31.1. The Kier molecular flexibility index (Phi) is 6.80. The molecule has 3 N–H and O–H groups in total. The number of morpholine rings is 1. The molecule has 3 aromatic rings. The second kappa shape index (κ2) is 9.76. The van der Waals surface area contributed by atoms with Gasteiger partial charge in [-0.15, -0.1) is 5.10 Å². The van der Waals surface area contributed by atoms with Crippen molar-refractivity contribution in [2.45, 2.75) is 23.9 Å². The van der Waals surface area contributed by atoms with E-state index in [0.29, 0.717) is 18.0 Å². The zero-order valence-corrected chi connectivity index (χ0v) is 18.7. The minimum Gasteiger partial charge on any atom is -0.497 e. The molecule has 33 heavy (non-hydrogen) atoms. The van der Waals surface area contributed by atoms with E-state index in [0.717, 1.165) is 11.1 Å². The maximum absolute atomic E-state index is 11.9.